The SMILES string of the molecule is Cl.c1ccc2c(c1)Cc1c-2cccc1C(OC1CCNCC1)(c1cccc2c1Cc1ccccc1-2)c1cccc2c1Cc1ccccc1-2. The first kappa shape index (κ1) is 29.7. The lowest BCUT2D eigenvalue weighted by Gasteiger charge is -2.43. The molecule has 1 fully saturated rings. The van der Waals surface area contributed by atoms with E-state index in [0.29, 0.717) is 0 Å². The summed E-state index contributed by atoms with van der Waals surface area (Å²) in [5.41, 5.74) is 19.7. The molecule has 0 unspecified atom stereocenters. The molecular formula is C45H38ClNO. The van der Waals surface area contributed by atoms with Gasteiger partial charge in [0.25, 0.3) is 0 Å². The number of benzene rings is 6. The van der Waals surface area contributed by atoms with Gasteiger partial charge in [-0.25, -0.2) is 0 Å². The molecule has 48 heavy (non-hydrogen) atoms. The summed E-state index contributed by atoms with van der Waals surface area (Å²) in [5.74, 6) is 0. The first-order valence-electron chi connectivity index (χ1n) is 17.3. The molecule has 0 aromatic heterocycles. The number of rotatable bonds is 5. The van der Waals surface area contributed by atoms with E-state index in [4.69, 9.17) is 4.74 Å². The van der Waals surface area contributed by atoms with Crippen LogP contribution >= 0.6 is 12.4 Å². The summed E-state index contributed by atoms with van der Waals surface area (Å²) < 4.78 is 7.97. The van der Waals surface area contributed by atoms with Crippen LogP contribution < -0.4 is 5.32 Å². The Kier molecular flexibility index (Phi) is 7.16. The van der Waals surface area contributed by atoms with Crippen LogP contribution in [0.25, 0.3) is 33.4 Å². The van der Waals surface area contributed by atoms with Gasteiger partial charge in [-0.05, 0) is 129 Å². The zero-order valence-corrected chi connectivity index (χ0v) is 27.8. The highest BCUT2D eigenvalue weighted by atomic mass is 35.5. The molecule has 0 saturated carbocycles. The van der Waals surface area contributed by atoms with E-state index >= 15 is 0 Å². The molecule has 0 radical (unpaired) electrons. The average molecular weight is 644 g/mol. The maximum atomic E-state index is 7.97. The molecule has 0 spiro atoms. The van der Waals surface area contributed by atoms with Crippen LogP contribution in [0.1, 0.15) is 62.9 Å². The van der Waals surface area contributed by atoms with E-state index in [1.807, 2.05) is 0 Å². The summed E-state index contributed by atoms with van der Waals surface area (Å²) in [4.78, 5) is 0. The van der Waals surface area contributed by atoms with Crippen molar-refractivity contribution in [2.45, 2.75) is 43.8 Å². The number of hydrogen-bond donors (Lipinski definition) is 1. The Morgan fingerprint density at radius 3 is 1.19 bits per heavy atom. The topological polar surface area (TPSA) is 21.3 Å². The van der Waals surface area contributed by atoms with Crippen LogP contribution in [0, 0.1) is 0 Å². The molecule has 0 bridgehead atoms. The molecule has 236 valence electrons. The Morgan fingerprint density at radius 2 is 0.792 bits per heavy atom. The Hall–Kier alpha value is -4.47. The van der Waals surface area contributed by atoms with Crippen molar-refractivity contribution >= 4 is 12.4 Å². The number of ether oxygens (including phenoxy) is 1. The normalized spacial score (nSPS) is 15.5. The minimum Gasteiger partial charge on any atom is -0.357 e. The largest absolute Gasteiger partial charge is 0.357 e. The number of hydrogen-bond acceptors (Lipinski definition) is 2. The summed E-state index contributed by atoms with van der Waals surface area (Å²) in [7, 11) is 0. The van der Waals surface area contributed by atoms with E-state index in [0.717, 1.165) is 45.2 Å². The second kappa shape index (κ2) is 11.6. The summed E-state index contributed by atoms with van der Waals surface area (Å²) in [6.07, 6.45) is 4.90. The first-order chi connectivity index (χ1) is 23.3. The molecule has 1 aliphatic heterocycles. The standard InChI is InChI=1S/C45H37NO.ClH/c1-4-13-33-29(10-1)26-39-36(33)16-7-19-42(39)45(47-32-22-24-46-25-23-32,43-20-8-17-37-34-14-5-2-11-30(34)27-40(37)43)44-21-9-18-38-35-15-6-3-12-31(35)28-41(38)44;/h1-21,32,46H,22-28H2;1H. The van der Waals surface area contributed by atoms with Crippen molar-refractivity contribution in [3.63, 3.8) is 0 Å². The molecule has 1 saturated heterocycles. The van der Waals surface area contributed by atoms with Crippen molar-refractivity contribution in [2.24, 2.45) is 0 Å². The molecular weight excluding hydrogens is 606 g/mol. The van der Waals surface area contributed by atoms with Crippen LogP contribution in [0.15, 0.2) is 127 Å². The monoisotopic (exact) mass is 643 g/mol. The predicted octanol–water partition coefficient (Wildman–Crippen LogP) is 9.88. The molecule has 6 aromatic carbocycles. The Bertz CT molecular complexity index is 1980. The van der Waals surface area contributed by atoms with Gasteiger partial charge in [-0.1, -0.05) is 127 Å². The van der Waals surface area contributed by atoms with Crippen LogP contribution in [0.5, 0.6) is 0 Å². The van der Waals surface area contributed by atoms with Gasteiger partial charge in [-0.3, -0.25) is 0 Å². The minimum atomic E-state index is -0.782. The Labute approximate surface area is 289 Å². The summed E-state index contributed by atoms with van der Waals surface area (Å²) >= 11 is 0. The fourth-order valence-corrected chi connectivity index (χ4v) is 9.25. The highest BCUT2D eigenvalue weighted by Gasteiger charge is 2.47. The summed E-state index contributed by atoms with van der Waals surface area (Å²) in [5, 5.41) is 3.60. The molecule has 1 heterocycles. The molecule has 0 amide bonds. The third-order valence-corrected chi connectivity index (χ3v) is 11.3. The van der Waals surface area contributed by atoms with Crippen molar-refractivity contribution in [3.05, 3.63) is 177 Å². The number of nitrogens with one attached hydrogen (secondary N) is 1. The van der Waals surface area contributed by atoms with Crippen LogP contribution in [-0.4, -0.2) is 19.2 Å². The van der Waals surface area contributed by atoms with Crippen molar-refractivity contribution in [3.8, 4) is 33.4 Å². The fraction of sp³-hybridized carbons (Fsp3) is 0.200. The first-order valence-corrected chi connectivity index (χ1v) is 17.3. The van der Waals surface area contributed by atoms with Gasteiger partial charge in [-0.15, -0.1) is 12.4 Å². The van der Waals surface area contributed by atoms with Gasteiger partial charge in [0, 0.05) is 0 Å². The van der Waals surface area contributed by atoms with Crippen LogP contribution in [0.2, 0.25) is 0 Å². The van der Waals surface area contributed by atoms with Gasteiger partial charge in [0.05, 0.1) is 6.10 Å². The molecule has 0 atom stereocenters. The van der Waals surface area contributed by atoms with E-state index in [9.17, 15) is 0 Å². The van der Waals surface area contributed by atoms with Crippen molar-refractivity contribution in [1.29, 1.82) is 0 Å². The molecule has 2 nitrogen and oxygen atoms in total. The molecule has 6 aromatic rings. The Morgan fingerprint density at radius 1 is 0.438 bits per heavy atom. The van der Waals surface area contributed by atoms with Gasteiger partial charge in [0.2, 0.25) is 0 Å². The third-order valence-electron chi connectivity index (χ3n) is 11.3. The third kappa shape index (κ3) is 4.33. The molecule has 10 rings (SSSR count). The van der Waals surface area contributed by atoms with E-state index < -0.39 is 5.60 Å². The number of fused-ring (bicyclic) bond motifs is 9. The molecule has 1 N–H and O–H groups in total. The van der Waals surface area contributed by atoms with E-state index in [1.54, 1.807) is 0 Å². The summed E-state index contributed by atoms with van der Waals surface area (Å²) in [6, 6.07) is 48.0. The highest BCUT2D eigenvalue weighted by Crippen LogP contribution is 2.54. The molecule has 3 heteroatoms. The number of halogens is 1. The maximum absolute atomic E-state index is 7.97. The lowest BCUT2D eigenvalue weighted by molar-refractivity contribution is -0.0603. The Balaban J connectivity index is 0.00000314. The lowest BCUT2D eigenvalue weighted by atomic mass is 9.72. The smallest absolute Gasteiger partial charge is 0.145 e. The maximum Gasteiger partial charge on any atom is 0.145 e. The van der Waals surface area contributed by atoms with Gasteiger partial charge >= 0.3 is 0 Å². The van der Waals surface area contributed by atoms with Gasteiger partial charge in [-0.2, -0.15) is 0 Å². The second-order valence-corrected chi connectivity index (χ2v) is 13.7. The molecule has 4 aliphatic rings. The van der Waals surface area contributed by atoms with E-state index in [-0.39, 0.29) is 18.5 Å². The average Bonchev–Trinajstić information content (AvgIpc) is 3.82. The van der Waals surface area contributed by atoms with Crippen molar-refractivity contribution in [1.82, 2.24) is 5.32 Å². The van der Waals surface area contributed by atoms with Gasteiger partial charge < -0.3 is 10.1 Å². The van der Waals surface area contributed by atoms with Crippen LogP contribution in [-0.2, 0) is 29.6 Å². The van der Waals surface area contributed by atoms with Crippen molar-refractivity contribution < 1.29 is 4.74 Å². The zero-order valence-electron chi connectivity index (χ0n) is 27.0. The van der Waals surface area contributed by atoms with Crippen molar-refractivity contribution in [2.75, 3.05) is 13.1 Å². The van der Waals surface area contributed by atoms with E-state index in [2.05, 4.69) is 133 Å². The molecule has 3 aliphatic carbocycles. The highest BCUT2D eigenvalue weighted by molar-refractivity contribution is 5.85. The predicted molar refractivity (Wildman–Crippen MR) is 198 cm³/mol. The van der Waals surface area contributed by atoms with Gasteiger partial charge in [0.1, 0.15) is 5.60 Å². The second-order valence-electron chi connectivity index (χ2n) is 13.7. The minimum absolute atomic E-state index is 0. The van der Waals surface area contributed by atoms with E-state index in [1.165, 1.54) is 83.5 Å². The zero-order chi connectivity index (χ0) is 31.0. The van der Waals surface area contributed by atoms with Gasteiger partial charge in [0.15, 0.2) is 0 Å². The quantitative estimate of drug-likeness (QED) is 0.189. The van der Waals surface area contributed by atoms with Crippen LogP contribution in [0.4, 0.5) is 0 Å². The lowest BCUT2D eigenvalue weighted by Crippen LogP contribution is -2.43. The summed E-state index contributed by atoms with van der Waals surface area (Å²) in [6.45, 7) is 1.96. The number of piperidine rings is 1. The van der Waals surface area contributed by atoms with Crippen LogP contribution in [0.3, 0.4) is 0 Å². The fourth-order valence-electron chi connectivity index (χ4n) is 9.25.